The Kier molecular flexibility index (Phi) is 5.97. The summed E-state index contributed by atoms with van der Waals surface area (Å²) in [6.07, 6.45) is 2.08. The fraction of sp³-hybridized carbons (Fsp3) is 0.318. The Hall–Kier alpha value is -2.36. The largest absolute Gasteiger partial charge is 0.454 e. The number of nitrogens with zero attached hydrogens (tertiary/aromatic N) is 4. The molecule has 0 amide bonds. The van der Waals surface area contributed by atoms with E-state index in [2.05, 4.69) is 45.4 Å². The van der Waals surface area contributed by atoms with Crippen LogP contribution in [0.4, 0.5) is 0 Å². The van der Waals surface area contributed by atoms with Crippen LogP contribution in [-0.4, -0.2) is 26.5 Å². The average Bonchev–Trinajstić information content (AvgIpc) is 3.58. The minimum absolute atomic E-state index is 0.282. The van der Waals surface area contributed by atoms with Crippen LogP contribution in [0, 0.1) is 0 Å². The van der Waals surface area contributed by atoms with Gasteiger partial charge < -0.3 is 14.0 Å². The molecule has 0 fully saturated rings. The summed E-state index contributed by atoms with van der Waals surface area (Å²) < 4.78 is 13.1. The first-order valence-corrected chi connectivity index (χ1v) is 13.0. The van der Waals surface area contributed by atoms with Gasteiger partial charge in [-0.2, -0.15) is 0 Å². The molecular formula is C22H22N4O2S3. The average molecular weight is 471 g/mol. The van der Waals surface area contributed by atoms with Gasteiger partial charge in [0, 0.05) is 39.1 Å². The molecule has 5 rings (SSSR count). The van der Waals surface area contributed by atoms with Crippen molar-refractivity contribution in [2.24, 2.45) is 0 Å². The molecule has 3 aromatic heterocycles. The normalized spacial score (nSPS) is 12.6. The summed E-state index contributed by atoms with van der Waals surface area (Å²) in [5.74, 6) is 3.29. The van der Waals surface area contributed by atoms with Crippen LogP contribution < -0.4 is 9.47 Å². The molecule has 0 atom stereocenters. The highest BCUT2D eigenvalue weighted by Gasteiger charge is 2.17. The minimum Gasteiger partial charge on any atom is -0.454 e. The molecule has 0 N–H and O–H groups in total. The zero-order valence-corrected chi connectivity index (χ0v) is 19.8. The second kappa shape index (κ2) is 9.02. The van der Waals surface area contributed by atoms with Crippen molar-refractivity contribution in [2.75, 3.05) is 6.79 Å². The molecule has 0 unspecified atom stereocenters. The molecule has 4 heterocycles. The Bertz CT molecular complexity index is 1200. The minimum atomic E-state index is 0.282. The van der Waals surface area contributed by atoms with Crippen LogP contribution in [-0.2, 0) is 18.7 Å². The van der Waals surface area contributed by atoms with Gasteiger partial charge in [-0.05, 0) is 37.1 Å². The first-order chi connectivity index (χ1) is 15.2. The van der Waals surface area contributed by atoms with Crippen LogP contribution in [0.2, 0.25) is 0 Å². The van der Waals surface area contributed by atoms with Gasteiger partial charge in [-0.3, -0.25) is 0 Å². The van der Waals surface area contributed by atoms with Gasteiger partial charge in [-0.15, -0.1) is 32.9 Å². The smallest absolute Gasteiger partial charge is 0.231 e. The van der Waals surface area contributed by atoms with E-state index < -0.39 is 0 Å². The Morgan fingerprint density at radius 1 is 1.03 bits per heavy atom. The zero-order chi connectivity index (χ0) is 21.2. The Morgan fingerprint density at radius 3 is 2.77 bits per heavy atom. The maximum Gasteiger partial charge on any atom is 0.231 e. The van der Waals surface area contributed by atoms with Crippen LogP contribution >= 0.6 is 34.4 Å². The summed E-state index contributed by atoms with van der Waals surface area (Å²) in [5.41, 5.74) is 3.25. The number of rotatable bonds is 8. The van der Waals surface area contributed by atoms with Crippen LogP contribution in [0.3, 0.4) is 0 Å². The molecular weight excluding hydrogens is 448 g/mol. The van der Waals surface area contributed by atoms with Gasteiger partial charge in [-0.1, -0.05) is 25.6 Å². The molecule has 1 aromatic carbocycles. The monoisotopic (exact) mass is 470 g/mol. The Morgan fingerprint density at radius 2 is 1.94 bits per heavy atom. The maximum atomic E-state index is 5.49. The standard InChI is InChI=1S/C22H22N4O2S3/c1-3-7-26-20(15-8-17(4-2)29-10-15)24-25-22(26)31-12-16-11-30-21(23-16)14-5-6-18-19(9-14)28-13-27-18/h5-6,8-11H,3-4,7,12-13H2,1-2H3. The zero-order valence-electron chi connectivity index (χ0n) is 17.3. The van der Waals surface area contributed by atoms with Gasteiger partial charge >= 0.3 is 0 Å². The van der Waals surface area contributed by atoms with Crippen molar-refractivity contribution in [1.82, 2.24) is 19.7 Å². The number of hydrogen-bond acceptors (Lipinski definition) is 8. The van der Waals surface area contributed by atoms with Crippen molar-refractivity contribution >= 4 is 34.4 Å². The molecule has 0 spiro atoms. The van der Waals surface area contributed by atoms with E-state index >= 15 is 0 Å². The fourth-order valence-corrected chi connectivity index (χ4v) is 5.98. The number of thioether (sulfide) groups is 1. The number of ether oxygens (including phenoxy) is 2. The number of thiophene rings is 1. The number of thiazole rings is 1. The molecule has 6 nitrogen and oxygen atoms in total. The highest BCUT2D eigenvalue weighted by molar-refractivity contribution is 7.98. The van der Waals surface area contributed by atoms with E-state index in [0.717, 1.165) is 69.4 Å². The summed E-state index contributed by atoms with van der Waals surface area (Å²) in [7, 11) is 0. The Balaban J connectivity index is 1.32. The molecule has 1 aliphatic rings. The molecule has 0 saturated heterocycles. The van der Waals surface area contributed by atoms with E-state index in [1.54, 1.807) is 34.4 Å². The van der Waals surface area contributed by atoms with Crippen LogP contribution in [0.15, 0.2) is 40.2 Å². The van der Waals surface area contributed by atoms with Gasteiger partial charge in [0.25, 0.3) is 0 Å². The van der Waals surface area contributed by atoms with Crippen molar-refractivity contribution in [3.8, 4) is 33.5 Å². The van der Waals surface area contributed by atoms with Crippen molar-refractivity contribution < 1.29 is 9.47 Å². The second-order valence-electron chi connectivity index (χ2n) is 7.11. The summed E-state index contributed by atoms with van der Waals surface area (Å²) in [4.78, 5) is 6.19. The predicted molar refractivity (Wildman–Crippen MR) is 126 cm³/mol. The lowest BCUT2D eigenvalue weighted by Crippen LogP contribution is -2.01. The van der Waals surface area contributed by atoms with Gasteiger partial charge in [0.15, 0.2) is 22.5 Å². The highest BCUT2D eigenvalue weighted by Crippen LogP contribution is 2.37. The van der Waals surface area contributed by atoms with Crippen molar-refractivity contribution in [3.63, 3.8) is 0 Å². The number of fused-ring (bicyclic) bond motifs is 1. The van der Waals surface area contributed by atoms with Crippen LogP contribution in [0.25, 0.3) is 22.0 Å². The van der Waals surface area contributed by atoms with Gasteiger partial charge in [0.05, 0.1) is 5.69 Å². The van der Waals surface area contributed by atoms with Gasteiger partial charge in [0.2, 0.25) is 6.79 Å². The van der Waals surface area contributed by atoms with Crippen molar-refractivity contribution in [1.29, 1.82) is 0 Å². The Labute approximate surface area is 193 Å². The number of benzene rings is 1. The fourth-order valence-electron chi connectivity index (χ4n) is 3.39. The maximum absolute atomic E-state index is 5.49. The summed E-state index contributed by atoms with van der Waals surface area (Å²) in [5, 5.41) is 15.2. The second-order valence-corrected chi connectivity index (χ2v) is 9.91. The number of hydrogen-bond donors (Lipinski definition) is 0. The number of aromatic nitrogens is 4. The first kappa shape index (κ1) is 20.5. The lowest BCUT2D eigenvalue weighted by atomic mass is 10.2. The molecule has 1 aliphatic heterocycles. The summed E-state index contributed by atoms with van der Waals surface area (Å²) in [6.45, 7) is 5.55. The molecule has 160 valence electrons. The molecule has 0 bridgehead atoms. The first-order valence-electron chi connectivity index (χ1n) is 10.2. The predicted octanol–water partition coefficient (Wildman–Crippen LogP) is 6.12. The van der Waals surface area contributed by atoms with E-state index in [-0.39, 0.29) is 6.79 Å². The molecule has 0 saturated carbocycles. The lowest BCUT2D eigenvalue weighted by Gasteiger charge is -2.07. The van der Waals surface area contributed by atoms with Crippen molar-refractivity contribution in [2.45, 2.75) is 44.1 Å². The summed E-state index contributed by atoms with van der Waals surface area (Å²) >= 11 is 5.12. The summed E-state index contributed by atoms with van der Waals surface area (Å²) in [6, 6.07) is 8.19. The third kappa shape index (κ3) is 4.22. The van der Waals surface area contributed by atoms with Crippen LogP contribution in [0.1, 0.15) is 30.8 Å². The van der Waals surface area contributed by atoms with E-state index in [9.17, 15) is 0 Å². The molecule has 9 heteroatoms. The van der Waals surface area contributed by atoms with Gasteiger partial charge in [-0.25, -0.2) is 4.98 Å². The molecule has 0 radical (unpaired) electrons. The molecule has 0 aliphatic carbocycles. The van der Waals surface area contributed by atoms with E-state index in [1.165, 1.54) is 4.88 Å². The highest BCUT2D eigenvalue weighted by atomic mass is 32.2. The number of aryl methyl sites for hydroxylation is 1. The topological polar surface area (TPSA) is 62.1 Å². The van der Waals surface area contributed by atoms with Crippen molar-refractivity contribution in [3.05, 3.63) is 45.6 Å². The van der Waals surface area contributed by atoms with E-state index in [0.29, 0.717) is 0 Å². The SMILES string of the molecule is CCCn1c(SCc2csc(-c3ccc4c(c3)OCO4)n2)nnc1-c1csc(CC)c1. The van der Waals surface area contributed by atoms with Crippen LogP contribution in [0.5, 0.6) is 11.5 Å². The third-order valence-electron chi connectivity index (χ3n) is 4.94. The third-order valence-corrected chi connectivity index (χ3v) is 7.97. The van der Waals surface area contributed by atoms with Gasteiger partial charge in [0.1, 0.15) is 5.01 Å². The molecule has 31 heavy (non-hydrogen) atoms. The molecule has 4 aromatic rings. The lowest BCUT2D eigenvalue weighted by molar-refractivity contribution is 0.174. The van der Waals surface area contributed by atoms with E-state index in [4.69, 9.17) is 14.5 Å². The quantitative estimate of drug-likeness (QED) is 0.289. The van der Waals surface area contributed by atoms with E-state index in [1.807, 2.05) is 18.2 Å².